The summed E-state index contributed by atoms with van der Waals surface area (Å²) in [5.74, 6) is 1.49. The van der Waals surface area contributed by atoms with Gasteiger partial charge >= 0.3 is 0 Å². The van der Waals surface area contributed by atoms with Crippen molar-refractivity contribution < 1.29 is 36.0 Å². The largest absolute Gasteiger partial charge is 0.507 e. The standard InChI is InChI=1S/C12H8Br2O3.W/c13-9-5-7(1-3-11(9)15)17-8-2-4-12(16)10(14)6-8;/h1-6,15-16H;. The minimum absolute atomic E-state index is 0. The maximum Gasteiger partial charge on any atom is 0.130 e. The summed E-state index contributed by atoms with van der Waals surface area (Å²) < 4.78 is 6.69. The van der Waals surface area contributed by atoms with E-state index >= 15 is 0 Å². The molecule has 0 unspecified atom stereocenters. The number of hydrogen-bond acceptors (Lipinski definition) is 3. The van der Waals surface area contributed by atoms with Crippen molar-refractivity contribution >= 4 is 31.9 Å². The fraction of sp³-hybridized carbons (Fsp3) is 0. The second-order valence-electron chi connectivity index (χ2n) is 3.33. The third kappa shape index (κ3) is 3.74. The van der Waals surface area contributed by atoms with Crippen LogP contribution in [0.2, 0.25) is 0 Å². The third-order valence-corrected chi connectivity index (χ3v) is 3.34. The van der Waals surface area contributed by atoms with E-state index in [2.05, 4.69) is 31.9 Å². The van der Waals surface area contributed by atoms with Crippen LogP contribution in [0, 0.1) is 0 Å². The van der Waals surface area contributed by atoms with Gasteiger partial charge in [-0.05, 0) is 68.3 Å². The molecule has 0 heterocycles. The molecule has 2 aromatic rings. The molecule has 6 heteroatoms. The summed E-state index contributed by atoms with van der Waals surface area (Å²) in [5, 5.41) is 18.7. The molecule has 94 valence electrons. The van der Waals surface area contributed by atoms with Crippen molar-refractivity contribution in [1.82, 2.24) is 0 Å². The van der Waals surface area contributed by atoms with E-state index in [-0.39, 0.29) is 32.6 Å². The summed E-state index contributed by atoms with van der Waals surface area (Å²) in [6.45, 7) is 0. The molecule has 2 aromatic carbocycles. The van der Waals surface area contributed by atoms with E-state index in [9.17, 15) is 10.2 Å². The Hall–Kier alpha value is -0.512. The second kappa shape index (κ2) is 6.60. The summed E-state index contributed by atoms with van der Waals surface area (Å²) >= 11 is 6.41. The summed E-state index contributed by atoms with van der Waals surface area (Å²) in [4.78, 5) is 0. The normalized spacial score (nSPS) is 9.67. The van der Waals surface area contributed by atoms with E-state index in [0.29, 0.717) is 20.4 Å². The van der Waals surface area contributed by atoms with E-state index in [0.717, 1.165) is 0 Å². The number of rotatable bonds is 2. The summed E-state index contributed by atoms with van der Waals surface area (Å²) in [6.07, 6.45) is 0. The molecule has 2 N–H and O–H groups in total. The Morgan fingerprint density at radius 3 is 1.50 bits per heavy atom. The molecule has 0 bridgehead atoms. The minimum atomic E-state index is 0. The molecule has 2 rings (SSSR count). The Kier molecular flexibility index (Phi) is 5.70. The van der Waals surface area contributed by atoms with Crippen LogP contribution in [0.4, 0.5) is 0 Å². The average Bonchev–Trinajstić information content (AvgIpc) is 2.29. The third-order valence-electron chi connectivity index (χ3n) is 2.07. The fourth-order valence-corrected chi connectivity index (χ4v) is 1.95. The number of halogens is 2. The summed E-state index contributed by atoms with van der Waals surface area (Å²) in [5.41, 5.74) is 0. The molecule has 0 aromatic heterocycles. The predicted octanol–water partition coefficient (Wildman–Crippen LogP) is 4.41. The van der Waals surface area contributed by atoms with Gasteiger partial charge < -0.3 is 14.9 Å². The van der Waals surface area contributed by atoms with Gasteiger partial charge in [-0.3, -0.25) is 0 Å². The molecule has 3 nitrogen and oxygen atoms in total. The van der Waals surface area contributed by atoms with Crippen LogP contribution in [-0.4, -0.2) is 10.2 Å². The number of aromatic hydroxyl groups is 2. The molecule has 0 fully saturated rings. The van der Waals surface area contributed by atoms with Crippen molar-refractivity contribution in [3.05, 3.63) is 45.3 Å². The van der Waals surface area contributed by atoms with Crippen LogP contribution in [0.5, 0.6) is 23.0 Å². The Morgan fingerprint density at radius 1 is 0.778 bits per heavy atom. The van der Waals surface area contributed by atoms with Gasteiger partial charge in [-0.15, -0.1) is 0 Å². The fourth-order valence-electron chi connectivity index (χ4n) is 1.24. The van der Waals surface area contributed by atoms with E-state index in [1.807, 2.05) is 0 Å². The first-order valence-corrected chi connectivity index (χ1v) is 6.30. The molecule has 0 amide bonds. The first-order valence-electron chi connectivity index (χ1n) is 4.71. The van der Waals surface area contributed by atoms with Crippen molar-refractivity contribution in [2.75, 3.05) is 0 Å². The average molecular weight is 544 g/mol. The Morgan fingerprint density at radius 2 is 1.17 bits per heavy atom. The Balaban J connectivity index is 0.00000162. The van der Waals surface area contributed by atoms with Gasteiger partial charge in [-0.25, -0.2) is 0 Å². The number of hydrogen-bond donors (Lipinski definition) is 2. The zero-order valence-electron chi connectivity index (χ0n) is 8.93. The molecule has 18 heavy (non-hydrogen) atoms. The first-order chi connectivity index (χ1) is 8.06. The van der Waals surface area contributed by atoms with E-state index in [1.54, 1.807) is 24.3 Å². The molecule has 0 saturated heterocycles. The van der Waals surface area contributed by atoms with E-state index < -0.39 is 0 Å². The van der Waals surface area contributed by atoms with Crippen molar-refractivity contribution in [3.8, 4) is 23.0 Å². The van der Waals surface area contributed by atoms with Crippen LogP contribution in [0.1, 0.15) is 0 Å². The Labute approximate surface area is 135 Å². The molecule has 0 atom stereocenters. The van der Waals surface area contributed by atoms with E-state index in [4.69, 9.17) is 4.74 Å². The predicted molar refractivity (Wildman–Crippen MR) is 71.7 cm³/mol. The molecular weight excluding hydrogens is 536 g/mol. The van der Waals surface area contributed by atoms with Crippen molar-refractivity contribution in [3.63, 3.8) is 0 Å². The Bertz CT molecular complexity index is 512. The van der Waals surface area contributed by atoms with Crippen LogP contribution in [0.15, 0.2) is 45.3 Å². The van der Waals surface area contributed by atoms with Crippen LogP contribution in [0.25, 0.3) is 0 Å². The van der Waals surface area contributed by atoms with Crippen LogP contribution in [-0.2, 0) is 21.1 Å². The molecule has 0 spiro atoms. The molecular formula is C12H8Br2O3W. The topological polar surface area (TPSA) is 49.7 Å². The van der Waals surface area contributed by atoms with Crippen LogP contribution >= 0.6 is 31.9 Å². The van der Waals surface area contributed by atoms with E-state index in [1.165, 1.54) is 12.1 Å². The SMILES string of the molecule is Oc1ccc(Oc2ccc(O)c(Br)c2)cc1Br.[W]. The number of phenols is 2. The van der Waals surface area contributed by atoms with Crippen LogP contribution in [0.3, 0.4) is 0 Å². The molecule has 0 aliphatic carbocycles. The maximum absolute atomic E-state index is 9.35. The molecule has 0 aliphatic heterocycles. The molecule has 0 saturated carbocycles. The zero-order valence-corrected chi connectivity index (χ0v) is 15.0. The summed E-state index contributed by atoms with van der Waals surface area (Å²) in [6, 6.07) is 9.71. The van der Waals surface area contributed by atoms with Gasteiger partial charge in [0.1, 0.15) is 23.0 Å². The van der Waals surface area contributed by atoms with Crippen LogP contribution < -0.4 is 4.74 Å². The smallest absolute Gasteiger partial charge is 0.130 e. The second-order valence-corrected chi connectivity index (χ2v) is 5.04. The van der Waals surface area contributed by atoms with Crippen molar-refractivity contribution in [2.45, 2.75) is 0 Å². The quantitative estimate of drug-likeness (QED) is 0.590. The number of ether oxygens (including phenoxy) is 1. The molecule has 0 aliphatic rings. The zero-order chi connectivity index (χ0) is 12.4. The van der Waals surface area contributed by atoms with Gasteiger partial charge in [-0.2, -0.15) is 0 Å². The van der Waals surface area contributed by atoms with Gasteiger partial charge in [0, 0.05) is 21.1 Å². The van der Waals surface area contributed by atoms with Gasteiger partial charge in [0.25, 0.3) is 0 Å². The molecule has 0 radical (unpaired) electrons. The van der Waals surface area contributed by atoms with Crippen molar-refractivity contribution in [2.24, 2.45) is 0 Å². The maximum atomic E-state index is 9.35. The number of benzene rings is 2. The monoisotopic (exact) mass is 542 g/mol. The first kappa shape index (κ1) is 15.5. The van der Waals surface area contributed by atoms with Gasteiger partial charge in [-0.1, -0.05) is 0 Å². The van der Waals surface area contributed by atoms with Gasteiger partial charge in [0.15, 0.2) is 0 Å². The minimum Gasteiger partial charge on any atom is -0.507 e. The van der Waals surface area contributed by atoms with Crippen molar-refractivity contribution in [1.29, 1.82) is 0 Å². The van der Waals surface area contributed by atoms with Gasteiger partial charge in [0.05, 0.1) is 8.95 Å². The van der Waals surface area contributed by atoms with Gasteiger partial charge in [0.2, 0.25) is 0 Å². The summed E-state index contributed by atoms with van der Waals surface area (Å²) in [7, 11) is 0. The number of phenolic OH excluding ortho intramolecular Hbond substituents is 2.